The van der Waals surface area contributed by atoms with Gasteiger partial charge in [0.15, 0.2) is 0 Å². The van der Waals surface area contributed by atoms with Crippen LogP contribution < -0.4 is 0 Å². The van der Waals surface area contributed by atoms with Gasteiger partial charge < -0.3 is 19.7 Å². The first-order chi connectivity index (χ1) is 6.39. The standard InChI is InChI=1S/C6H8Cl2O6/c7-4(10)13-6(12,2-1-3-9)14-5(8)11/h9,12H,1-3H2. The van der Waals surface area contributed by atoms with E-state index in [1.165, 1.54) is 0 Å². The van der Waals surface area contributed by atoms with E-state index < -0.39 is 16.8 Å². The minimum absolute atomic E-state index is 0.0326. The zero-order valence-electron chi connectivity index (χ0n) is 6.90. The van der Waals surface area contributed by atoms with Crippen molar-refractivity contribution in [1.29, 1.82) is 0 Å². The Morgan fingerprint density at radius 2 is 1.64 bits per heavy atom. The summed E-state index contributed by atoms with van der Waals surface area (Å²) in [6.07, 6.45) is -0.300. The molecule has 2 N–H and O–H groups in total. The number of halogens is 2. The van der Waals surface area contributed by atoms with Crippen molar-refractivity contribution in [3.05, 3.63) is 0 Å². The summed E-state index contributed by atoms with van der Waals surface area (Å²) >= 11 is 9.61. The van der Waals surface area contributed by atoms with Crippen LogP contribution in [0, 0.1) is 0 Å². The van der Waals surface area contributed by atoms with Gasteiger partial charge in [-0.05, 0) is 6.42 Å². The number of hydrogen-bond acceptors (Lipinski definition) is 6. The zero-order valence-corrected chi connectivity index (χ0v) is 8.42. The van der Waals surface area contributed by atoms with E-state index in [1.807, 2.05) is 0 Å². The second-order valence-corrected chi connectivity index (χ2v) is 2.84. The Balaban J connectivity index is 4.31. The van der Waals surface area contributed by atoms with Crippen molar-refractivity contribution in [2.24, 2.45) is 0 Å². The molecule has 0 aromatic carbocycles. The Morgan fingerprint density at radius 3 is 1.93 bits per heavy atom. The van der Waals surface area contributed by atoms with Gasteiger partial charge in [0.2, 0.25) is 0 Å². The monoisotopic (exact) mass is 246 g/mol. The van der Waals surface area contributed by atoms with Crippen molar-refractivity contribution in [3.63, 3.8) is 0 Å². The van der Waals surface area contributed by atoms with E-state index in [2.05, 4.69) is 9.47 Å². The summed E-state index contributed by atoms with van der Waals surface area (Å²) in [6.45, 7) is -0.290. The lowest BCUT2D eigenvalue weighted by atomic mass is 10.3. The Morgan fingerprint density at radius 1 is 1.21 bits per heavy atom. The minimum Gasteiger partial charge on any atom is -0.396 e. The van der Waals surface area contributed by atoms with Gasteiger partial charge in [0.1, 0.15) is 0 Å². The summed E-state index contributed by atoms with van der Waals surface area (Å²) in [6, 6.07) is 0. The van der Waals surface area contributed by atoms with Crippen molar-refractivity contribution >= 4 is 34.1 Å². The molecule has 0 fully saturated rings. The number of carbonyl (C=O) groups is 2. The largest absolute Gasteiger partial charge is 0.408 e. The van der Waals surface area contributed by atoms with Crippen LogP contribution in [-0.4, -0.2) is 33.7 Å². The molecule has 0 saturated heterocycles. The summed E-state index contributed by atoms with van der Waals surface area (Å²) in [5, 5.41) is 17.8. The number of aliphatic hydroxyl groups is 2. The first kappa shape index (κ1) is 13.4. The Kier molecular flexibility index (Phi) is 5.78. The highest BCUT2D eigenvalue weighted by molar-refractivity contribution is 6.61. The summed E-state index contributed by atoms with van der Waals surface area (Å²) < 4.78 is 8.19. The predicted molar refractivity (Wildman–Crippen MR) is 45.9 cm³/mol. The molecule has 0 spiro atoms. The molecular formula is C6H8Cl2O6. The molecule has 0 saturated carbocycles. The maximum Gasteiger partial charge on any atom is 0.408 e. The number of hydrogen-bond donors (Lipinski definition) is 2. The Bertz CT molecular complexity index is 202. The highest BCUT2D eigenvalue weighted by Gasteiger charge is 2.35. The highest BCUT2D eigenvalue weighted by Crippen LogP contribution is 2.19. The van der Waals surface area contributed by atoms with Crippen LogP contribution in [0.3, 0.4) is 0 Å². The smallest absolute Gasteiger partial charge is 0.396 e. The van der Waals surface area contributed by atoms with E-state index in [0.717, 1.165) is 0 Å². The summed E-state index contributed by atoms with van der Waals surface area (Å²) in [5.74, 6) is -2.53. The van der Waals surface area contributed by atoms with Crippen molar-refractivity contribution in [1.82, 2.24) is 0 Å². The maximum atomic E-state index is 10.3. The molecule has 82 valence electrons. The highest BCUT2D eigenvalue weighted by atomic mass is 35.5. The van der Waals surface area contributed by atoms with Gasteiger partial charge in [-0.2, -0.15) is 0 Å². The van der Waals surface area contributed by atoms with Crippen LogP contribution in [0.15, 0.2) is 0 Å². The van der Waals surface area contributed by atoms with Gasteiger partial charge in [0, 0.05) is 29.8 Å². The van der Waals surface area contributed by atoms with Gasteiger partial charge >= 0.3 is 16.8 Å². The Labute approximate surface area is 89.3 Å². The van der Waals surface area contributed by atoms with E-state index in [1.54, 1.807) is 0 Å². The fourth-order valence-corrected chi connectivity index (χ4v) is 0.917. The van der Waals surface area contributed by atoms with E-state index in [0.29, 0.717) is 0 Å². The fourth-order valence-electron chi connectivity index (χ4n) is 0.676. The number of ether oxygens (including phenoxy) is 2. The second kappa shape index (κ2) is 6.02. The number of rotatable bonds is 5. The number of carbonyl (C=O) groups excluding carboxylic acids is 2. The molecule has 0 rings (SSSR count). The summed E-state index contributed by atoms with van der Waals surface area (Å²) in [4.78, 5) is 20.6. The molecule has 0 aliphatic rings. The first-order valence-corrected chi connectivity index (χ1v) is 4.25. The van der Waals surface area contributed by atoms with Crippen LogP contribution >= 0.6 is 23.2 Å². The molecule has 0 aromatic heterocycles. The van der Waals surface area contributed by atoms with E-state index >= 15 is 0 Å². The third kappa shape index (κ3) is 5.98. The molecule has 0 aliphatic heterocycles. The normalized spacial score (nSPS) is 10.9. The van der Waals surface area contributed by atoms with Crippen LogP contribution in [0.5, 0.6) is 0 Å². The quantitative estimate of drug-likeness (QED) is 0.559. The molecule has 0 radical (unpaired) electrons. The lowest BCUT2D eigenvalue weighted by Gasteiger charge is -2.23. The van der Waals surface area contributed by atoms with Crippen LogP contribution in [0.1, 0.15) is 12.8 Å². The van der Waals surface area contributed by atoms with Gasteiger partial charge in [-0.1, -0.05) is 0 Å². The molecule has 8 heteroatoms. The lowest BCUT2D eigenvalue weighted by molar-refractivity contribution is -0.300. The molecule has 0 amide bonds. The average molecular weight is 247 g/mol. The van der Waals surface area contributed by atoms with E-state index in [-0.39, 0.29) is 19.4 Å². The minimum atomic E-state index is -2.53. The summed E-state index contributed by atoms with van der Waals surface area (Å²) in [7, 11) is 0. The van der Waals surface area contributed by atoms with E-state index in [9.17, 15) is 14.7 Å². The third-order valence-corrected chi connectivity index (χ3v) is 1.28. The van der Waals surface area contributed by atoms with Crippen LogP contribution in [0.2, 0.25) is 0 Å². The van der Waals surface area contributed by atoms with Gasteiger partial charge in [-0.15, -0.1) is 0 Å². The van der Waals surface area contributed by atoms with Gasteiger partial charge in [-0.25, -0.2) is 9.59 Å². The average Bonchev–Trinajstić information content (AvgIpc) is 1.97. The maximum absolute atomic E-state index is 10.3. The Hall–Kier alpha value is -0.560. The molecule has 0 aromatic rings. The molecule has 0 aliphatic carbocycles. The molecular weight excluding hydrogens is 239 g/mol. The van der Waals surface area contributed by atoms with Gasteiger partial charge in [0.25, 0.3) is 0 Å². The second-order valence-electron chi connectivity index (χ2n) is 2.22. The van der Waals surface area contributed by atoms with Crippen molar-refractivity contribution in [2.45, 2.75) is 18.8 Å². The number of aliphatic hydroxyl groups excluding tert-OH is 1. The third-order valence-electron chi connectivity index (χ3n) is 1.13. The molecule has 0 unspecified atom stereocenters. The lowest BCUT2D eigenvalue weighted by Crippen LogP contribution is -2.37. The van der Waals surface area contributed by atoms with Gasteiger partial charge in [-0.3, -0.25) is 0 Å². The molecule has 14 heavy (non-hydrogen) atoms. The fraction of sp³-hybridized carbons (Fsp3) is 0.667. The van der Waals surface area contributed by atoms with E-state index in [4.69, 9.17) is 28.3 Å². The van der Waals surface area contributed by atoms with Crippen molar-refractivity contribution in [3.8, 4) is 0 Å². The molecule has 0 bridgehead atoms. The zero-order chi connectivity index (χ0) is 11.2. The van der Waals surface area contributed by atoms with Crippen LogP contribution in [0.4, 0.5) is 9.59 Å². The summed E-state index contributed by atoms with van der Waals surface area (Å²) in [5.41, 5.74) is -2.72. The SMILES string of the molecule is O=C(Cl)OC(O)(CCCO)OC(=O)Cl. The molecule has 6 nitrogen and oxygen atoms in total. The van der Waals surface area contributed by atoms with Crippen molar-refractivity contribution in [2.75, 3.05) is 6.61 Å². The first-order valence-electron chi connectivity index (χ1n) is 3.50. The van der Waals surface area contributed by atoms with Crippen LogP contribution in [0.25, 0.3) is 0 Å². The van der Waals surface area contributed by atoms with Gasteiger partial charge in [0.05, 0.1) is 6.42 Å². The topological polar surface area (TPSA) is 93.1 Å². The molecule has 0 heterocycles. The predicted octanol–water partition coefficient (Wildman–Crippen LogP) is 1.16. The molecule has 0 atom stereocenters. The van der Waals surface area contributed by atoms with Crippen LogP contribution in [-0.2, 0) is 9.47 Å². The van der Waals surface area contributed by atoms with Crippen molar-refractivity contribution < 1.29 is 29.3 Å².